The van der Waals surface area contributed by atoms with Crippen LogP contribution in [0.1, 0.15) is 31.9 Å². The number of nitrogens with two attached hydrogens (primary N) is 1. The van der Waals surface area contributed by atoms with Crippen LogP contribution >= 0.6 is 0 Å². The second-order valence-corrected chi connectivity index (χ2v) is 5.23. The quantitative estimate of drug-likeness (QED) is 0.898. The van der Waals surface area contributed by atoms with Crippen molar-refractivity contribution in [2.24, 2.45) is 11.7 Å². The Hall–Kier alpha value is -1.00. The van der Waals surface area contributed by atoms with Crippen LogP contribution in [0.25, 0.3) is 0 Å². The maximum Gasteiger partial charge on any atom is 0.130 e. The van der Waals surface area contributed by atoms with Crippen LogP contribution in [0.3, 0.4) is 0 Å². The van der Waals surface area contributed by atoms with Crippen LogP contribution in [0, 0.1) is 17.6 Å². The van der Waals surface area contributed by atoms with Gasteiger partial charge in [-0.05, 0) is 45.3 Å². The zero-order chi connectivity index (χ0) is 13.3. The second kappa shape index (κ2) is 5.33. The van der Waals surface area contributed by atoms with E-state index in [-0.39, 0.29) is 12.0 Å². The molecule has 4 heteroatoms. The van der Waals surface area contributed by atoms with Gasteiger partial charge in [-0.25, -0.2) is 8.78 Å². The van der Waals surface area contributed by atoms with E-state index in [9.17, 15) is 8.78 Å². The van der Waals surface area contributed by atoms with Gasteiger partial charge >= 0.3 is 0 Å². The largest absolute Gasteiger partial charge is 0.330 e. The molecule has 18 heavy (non-hydrogen) atoms. The summed E-state index contributed by atoms with van der Waals surface area (Å²) in [5.74, 6) is -0.756. The molecule has 0 aromatic heterocycles. The first-order valence-corrected chi connectivity index (χ1v) is 6.45. The molecule has 2 rings (SSSR count). The minimum absolute atomic E-state index is 0.0319. The van der Waals surface area contributed by atoms with E-state index in [1.807, 2.05) is 0 Å². The fraction of sp³-hybridized carbons (Fsp3) is 0.571. The zero-order valence-corrected chi connectivity index (χ0v) is 10.9. The molecule has 2 nitrogen and oxygen atoms in total. The minimum Gasteiger partial charge on any atom is -0.330 e. The van der Waals surface area contributed by atoms with Crippen LogP contribution in [-0.4, -0.2) is 24.0 Å². The van der Waals surface area contributed by atoms with Crippen LogP contribution in [-0.2, 0) is 0 Å². The highest BCUT2D eigenvalue weighted by Crippen LogP contribution is 2.39. The molecular formula is C14H20F2N2. The summed E-state index contributed by atoms with van der Waals surface area (Å²) in [6, 6.07) is 4.13. The molecule has 1 saturated heterocycles. The topological polar surface area (TPSA) is 29.3 Å². The second-order valence-electron chi connectivity index (χ2n) is 5.23. The van der Waals surface area contributed by atoms with Gasteiger partial charge in [-0.2, -0.15) is 0 Å². The summed E-state index contributed by atoms with van der Waals surface area (Å²) in [4.78, 5) is 2.24. The van der Waals surface area contributed by atoms with Crippen molar-refractivity contribution in [2.45, 2.75) is 32.4 Å². The molecule has 0 radical (unpaired) electrons. The summed E-state index contributed by atoms with van der Waals surface area (Å²) in [5, 5.41) is 0. The first-order valence-electron chi connectivity index (χ1n) is 6.45. The van der Waals surface area contributed by atoms with E-state index in [4.69, 9.17) is 5.73 Å². The summed E-state index contributed by atoms with van der Waals surface area (Å²) < 4.78 is 26.9. The third kappa shape index (κ3) is 2.40. The van der Waals surface area contributed by atoms with Crippen molar-refractivity contribution in [1.29, 1.82) is 0 Å². The van der Waals surface area contributed by atoms with Gasteiger partial charge in [0.05, 0.1) is 0 Å². The number of likely N-dealkylation sites (tertiary alicyclic amines) is 1. The van der Waals surface area contributed by atoms with E-state index < -0.39 is 11.6 Å². The normalized spacial score (nSPS) is 25.0. The van der Waals surface area contributed by atoms with Crippen molar-refractivity contribution in [2.75, 3.05) is 13.1 Å². The lowest BCUT2D eigenvalue weighted by Gasteiger charge is -2.31. The zero-order valence-electron chi connectivity index (χ0n) is 10.9. The molecule has 1 fully saturated rings. The average Bonchev–Trinajstić information content (AvgIpc) is 2.72. The number of benzene rings is 1. The molecule has 1 aromatic carbocycles. The lowest BCUT2D eigenvalue weighted by Crippen LogP contribution is -2.33. The fourth-order valence-corrected chi connectivity index (χ4v) is 2.88. The van der Waals surface area contributed by atoms with E-state index in [1.54, 1.807) is 6.07 Å². The monoisotopic (exact) mass is 254 g/mol. The predicted octanol–water partition coefficient (Wildman–Crippen LogP) is 2.69. The van der Waals surface area contributed by atoms with Gasteiger partial charge in [0, 0.05) is 23.7 Å². The van der Waals surface area contributed by atoms with Crippen LogP contribution in [0.5, 0.6) is 0 Å². The van der Waals surface area contributed by atoms with Crippen molar-refractivity contribution >= 4 is 0 Å². The highest BCUT2D eigenvalue weighted by atomic mass is 19.1. The first-order chi connectivity index (χ1) is 8.54. The molecule has 0 saturated carbocycles. The molecule has 2 N–H and O–H groups in total. The van der Waals surface area contributed by atoms with E-state index in [1.165, 1.54) is 6.07 Å². The van der Waals surface area contributed by atoms with Gasteiger partial charge in [0.25, 0.3) is 0 Å². The van der Waals surface area contributed by atoms with Crippen molar-refractivity contribution in [1.82, 2.24) is 4.90 Å². The molecule has 1 heterocycles. The molecule has 0 spiro atoms. The first kappa shape index (κ1) is 13.4. The van der Waals surface area contributed by atoms with Gasteiger partial charge in [-0.15, -0.1) is 0 Å². The Morgan fingerprint density at radius 3 is 2.67 bits per heavy atom. The SMILES string of the molecule is CC(C)N1CCC(CN)C1c1ccc(F)cc1F. The Morgan fingerprint density at radius 2 is 2.11 bits per heavy atom. The summed E-state index contributed by atoms with van der Waals surface area (Å²) in [6.45, 7) is 5.63. The molecule has 2 atom stereocenters. The number of rotatable bonds is 3. The third-order valence-electron chi connectivity index (χ3n) is 3.81. The lowest BCUT2D eigenvalue weighted by molar-refractivity contribution is 0.181. The highest BCUT2D eigenvalue weighted by molar-refractivity contribution is 5.24. The van der Waals surface area contributed by atoms with E-state index in [2.05, 4.69) is 18.7 Å². The van der Waals surface area contributed by atoms with Gasteiger partial charge in [-0.3, -0.25) is 4.90 Å². The van der Waals surface area contributed by atoms with Gasteiger partial charge < -0.3 is 5.73 Å². The minimum atomic E-state index is -0.533. The van der Waals surface area contributed by atoms with Crippen molar-refractivity contribution in [3.63, 3.8) is 0 Å². The van der Waals surface area contributed by atoms with Crippen LogP contribution < -0.4 is 5.73 Å². The smallest absolute Gasteiger partial charge is 0.130 e. The maximum absolute atomic E-state index is 13.9. The van der Waals surface area contributed by atoms with Crippen LogP contribution in [0.15, 0.2) is 18.2 Å². The van der Waals surface area contributed by atoms with Gasteiger partial charge in [-0.1, -0.05) is 6.07 Å². The fourth-order valence-electron chi connectivity index (χ4n) is 2.88. The molecular weight excluding hydrogens is 234 g/mol. The highest BCUT2D eigenvalue weighted by Gasteiger charge is 2.37. The number of nitrogens with zero attached hydrogens (tertiary/aromatic N) is 1. The standard InChI is InChI=1S/C14H20F2N2/c1-9(2)18-6-5-10(8-17)14(18)12-4-3-11(15)7-13(12)16/h3-4,7,9-10,14H,5-6,8,17H2,1-2H3. The van der Waals surface area contributed by atoms with Gasteiger partial charge in [0.15, 0.2) is 0 Å². The predicted molar refractivity (Wildman–Crippen MR) is 68.1 cm³/mol. The molecule has 0 aliphatic carbocycles. The molecule has 2 unspecified atom stereocenters. The summed E-state index contributed by atoms with van der Waals surface area (Å²) in [7, 11) is 0. The Bertz CT molecular complexity index is 420. The van der Waals surface area contributed by atoms with E-state index in [0.717, 1.165) is 19.0 Å². The van der Waals surface area contributed by atoms with Gasteiger partial charge in [0.1, 0.15) is 11.6 Å². The third-order valence-corrected chi connectivity index (χ3v) is 3.81. The molecule has 1 aliphatic heterocycles. The van der Waals surface area contributed by atoms with Crippen LogP contribution in [0.4, 0.5) is 8.78 Å². The van der Waals surface area contributed by atoms with Crippen molar-refractivity contribution < 1.29 is 8.78 Å². The molecule has 1 aliphatic rings. The van der Waals surface area contributed by atoms with E-state index in [0.29, 0.717) is 18.2 Å². The maximum atomic E-state index is 13.9. The Morgan fingerprint density at radius 1 is 1.39 bits per heavy atom. The molecule has 0 bridgehead atoms. The number of hydrogen-bond donors (Lipinski definition) is 1. The lowest BCUT2D eigenvalue weighted by atomic mass is 9.93. The van der Waals surface area contributed by atoms with Crippen molar-refractivity contribution in [3.05, 3.63) is 35.4 Å². The Labute approximate surface area is 107 Å². The Kier molecular flexibility index (Phi) is 3.97. The molecule has 100 valence electrons. The van der Waals surface area contributed by atoms with Gasteiger partial charge in [0.2, 0.25) is 0 Å². The molecule has 1 aromatic rings. The van der Waals surface area contributed by atoms with Crippen molar-refractivity contribution in [3.8, 4) is 0 Å². The molecule has 0 amide bonds. The number of halogens is 2. The van der Waals surface area contributed by atoms with E-state index >= 15 is 0 Å². The Balaban J connectivity index is 2.37. The summed E-state index contributed by atoms with van der Waals surface area (Å²) in [5.41, 5.74) is 6.35. The van der Waals surface area contributed by atoms with Crippen LogP contribution in [0.2, 0.25) is 0 Å². The summed E-state index contributed by atoms with van der Waals surface area (Å²) >= 11 is 0. The average molecular weight is 254 g/mol. The summed E-state index contributed by atoms with van der Waals surface area (Å²) in [6.07, 6.45) is 0.968. The number of hydrogen-bond acceptors (Lipinski definition) is 2.